The monoisotopic (exact) mass is 401 g/mol. The Hall–Kier alpha value is -2.38. The third-order valence-electron chi connectivity index (χ3n) is 4.96. The molecule has 0 aliphatic carbocycles. The second kappa shape index (κ2) is 9.71. The fourth-order valence-electron chi connectivity index (χ4n) is 3.64. The van der Waals surface area contributed by atoms with Crippen molar-refractivity contribution >= 4 is 28.9 Å². The van der Waals surface area contributed by atoms with Crippen molar-refractivity contribution in [3.8, 4) is 0 Å². The van der Waals surface area contributed by atoms with Gasteiger partial charge in [0.05, 0.1) is 12.6 Å². The van der Waals surface area contributed by atoms with Gasteiger partial charge in [-0.15, -0.1) is 11.3 Å². The molecular formula is C21H27N3O3S. The molecule has 2 heterocycles. The van der Waals surface area contributed by atoms with Crippen molar-refractivity contribution in [2.24, 2.45) is 0 Å². The molecule has 1 aromatic heterocycles. The number of nitrogens with one attached hydrogen (secondary N) is 1. The Morgan fingerprint density at radius 3 is 2.43 bits per heavy atom. The van der Waals surface area contributed by atoms with Crippen LogP contribution in [0.15, 0.2) is 47.8 Å². The number of para-hydroxylation sites is 1. The number of nitrogens with zero attached hydrogens (tertiary/aromatic N) is 2. The highest BCUT2D eigenvalue weighted by atomic mass is 32.1. The van der Waals surface area contributed by atoms with Crippen LogP contribution < -0.4 is 10.2 Å². The minimum atomic E-state index is -0.826. The second-order valence-electron chi connectivity index (χ2n) is 6.80. The molecule has 2 aromatic rings. The number of carbonyl (C=O) groups excluding carboxylic acids is 2. The molecule has 3 rings (SSSR count). The van der Waals surface area contributed by atoms with E-state index in [2.05, 4.69) is 45.4 Å². The predicted octanol–water partition coefficient (Wildman–Crippen LogP) is 2.68. The van der Waals surface area contributed by atoms with Gasteiger partial charge < -0.3 is 15.0 Å². The molecule has 6 nitrogen and oxygen atoms in total. The number of anilines is 1. The Balaban J connectivity index is 1.68. The van der Waals surface area contributed by atoms with E-state index < -0.39 is 11.9 Å². The lowest BCUT2D eigenvalue weighted by molar-refractivity contribution is -0.155. The predicted molar refractivity (Wildman–Crippen MR) is 112 cm³/mol. The number of hydrogen-bond donors (Lipinski definition) is 1. The van der Waals surface area contributed by atoms with Gasteiger partial charge in [-0.05, 0) is 37.4 Å². The normalized spacial score (nSPS) is 17.0. The highest BCUT2D eigenvalue weighted by Gasteiger charge is 2.32. The van der Waals surface area contributed by atoms with E-state index in [4.69, 9.17) is 4.74 Å². The molecule has 0 saturated carbocycles. The summed E-state index contributed by atoms with van der Waals surface area (Å²) in [7, 11) is 0. The number of hydrogen-bond acceptors (Lipinski definition) is 6. The van der Waals surface area contributed by atoms with Crippen molar-refractivity contribution in [2.75, 3.05) is 37.7 Å². The molecule has 1 aliphatic rings. The molecular weight excluding hydrogens is 374 g/mol. The van der Waals surface area contributed by atoms with Gasteiger partial charge in [-0.2, -0.15) is 0 Å². The quantitative estimate of drug-likeness (QED) is 0.596. The Labute approximate surface area is 170 Å². The first-order valence-electron chi connectivity index (χ1n) is 9.65. The summed E-state index contributed by atoms with van der Waals surface area (Å²) < 4.78 is 4.81. The summed E-state index contributed by atoms with van der Waals surface area (Å²) in [6.07, 6.45) is 0. The lowest BCUT2D eigenvalue weighted by Gasteiger charge is -2.42. The van der Waals surface area contributed by atoms with E-state index in [1.165, 1.54) is 10.6 Å². The minimum Gasteiger partial charge on any atom is -0.459 e. The molecule has 0 unspecified atom stereocenters. The molecule has 1 saturated heterocycles. The fraction of sp³-hybridized carbons (Fsp3) is 0.429. The third-order valence-corrected chi connectivity index (χ3v) is 5.90. The van der Waals surface area contributed by atoms with Crippen LogP contribution in [0.5, 0.6) is 0 Å². The van der Waals surface area contributed by atoms with Crippen LogP contribution >= 0.6 is 11.3 Å². The molecule has 1 fully saturated rings. The molecule has 150 valence electrons. The first-order chi connectivity index (χ1) is 13.6. The summed E-state index contributed by atoms with van der Waals surface area (Å²) in [5.41, 5.74) is 1.23. The van der Waals surface area contributed by atoms with E-state index in [1.807, 2.05) is 24.4 Å². The number of amides is 1. The number of benzene rings is 1. The van der Waals surface area contributed by atoms with Gasteiger partial charge >= 0.3 is 11.9 Å². The first kappa shape index (κ1) is 20.4. The van der Waals surface area contributed by atoms with Gasteiger partial charge in [0.2, 0.25) is 0 Å². The van der Waals surface area contributed by atoms with Crippen LogP contribution in [0.1, 0.15) is 24.8 Å². The molecule has 1 aromatic carbocycles. The number of thiophene rings is 1. The van der Waals surface area contributed by atoms with E-state index >= 15 is 0 Å². The Bertz CT molecular complexity index is 758. The summed E-state index contributed by atoms with van der Waals surface area (Å²) in [4.78, 5) is 29.8. The molecule has 2 atom stereocenters. The van der Waals surface area contributed by atoms with Gasteiger partial charge in [0.15, 0.2) is 0 Å². The second-order valence-corrected chi connectivity index (χ2v) is 7.78. The summed E-state index contributed by atoms with van der Waals surface area (Å²) >= 11 is 1.67. The van der Waals surface area contributed by atoms with Crippen molar-refractivity contribution in [1.82, 2.24) is 10.2 Å². The average Bonchev–Trinajstić information content (AvgIpc) is 3.24. The van der Waals surface area contributed by atoms with Crippen LogP contribution in [0.25, 0.3) is 0 Å². The first-order valence-corrected chi connectivity index (χ1v) is 10.5. The van der Waals surface area contributed by atoms with E-state index in [1.54, 1.807) is 18.3 Å². The topological polar surface area (TPSA) is 61.9 Å². The molecule has 0 spiro atoms. The van der Waals surface area contributed by atoms with Crippen molar-refractivity contribution in [1.29, 1.82) is 0 Å². The van der Waals surface area contributed by atoms with Crippen molar-refractivity contribution in [3.05, 3.63) is 52.7 Å². The maximum absolute atomic E-state index is 12.1. The van der Waals surface area contributed by atoms with Crippen molar-refractivity contribution in [3.63, 3.8) is 0 Å². The standard InChI is InChI=1S/C21H27N3O3S/c1-3-27-21(26)20(25)22-16(2)19(18-10-7-15-28-18)24-13-11-23(12-14-24)17-8-5-4-6-9-17/h4-10,15-16,19H,3,11-14H2,1-2H3,(H,22,25)/t16-,19+/m0/s1. The zero-order valence-electron chi connectivity index (χ0n) is 16.3. The van der Waals surface area contributed by atoms with Gasteiger partial charge in [0.25, 0.3) is 0 Å². The summed E-state index contributed by atoms with van der Waals surface area (Å²) in [5, 5.41) is 4.88. The molecule has 1 N–H and O–H groups in total. The summed E-state index contributed by atoms with van der Waals surface area (Å²) in [6, 6.07) is 14.3. The van der Waals surface area contributed by atoms with Crippen LogP contribution in [0.4, 0.5) is 5.69 Å². The number of esters is 1. The van der Waals surface area contributed by atoms with Crippen LogP contribution in [0, 0.1) is 0 Å². The van der Waals surface area contributed by atoms with E-state index in [9.17, 15) is 9.59 Å². The highest BCUT2D eigenvalue weighted by Crippen LogP contribution is 2.30. The SMILES string of the molecule is CCOC(=O)C(=O)N[C@@H](C)[C@H](c1cccs1)N1CCN(c2ccccc2)CC1. The molecule has 7 heteroatoms. The lowest BCUT2D eigenvalue weighted by atomic mass is 10.0. The van der Waals surface area contributed by atoms with Gasteiger partial charge in [-0.3, -0.25) is 9.69 Å². The fourth-order valence-corrected chi connectivity index (χ4v) is 4.60. The van der Waals surface area contributed by atoms with Crippen molar-refractivity contribution < 1.29 is 14.3 Å². The number of rotatable bonds is 6. The van der Waals surface area contributed by atoms with Gasteiger partial charge in [-0.1, -0.05) is 24.3 Å². The zero-order valence-corrected chi connectivity index (χ0v) is 17.2. The number of carbonyl (C=O) groups is 2. The third kappa shape index (κ3) is 4.91. The summed E-state index contributed by atoms with van der Waals surface area (Å²) in [5.74, 6) is -1.51. The maximum atomic E-state index is 12.1. The molecule has 28 heavy (non-hydrogen) atoms. The molecule has 1 amide bonds. The van der Waals surface area contributed by atoms with Gasteiger partial charge in [-0.25, -0.2) is 4.79 Å². The highest BCUT2D eigenvalue weighted by molar-refractivity contribution is 7.10. The van der Waals surface area contributed by atoms with Crippen LogP contribution in [-0.4, -0.2) is 55.6 Å². The summed E-state index contributed by atoms with van der Waals surface area (Å²) in [6.45, 7) is 7.44. The molecule has 0 bridgehead atoms. The Morgan fingerprint density at radius 2 is 1.82 bits per heavy atom. The minimum absolute atomic E-state index is 0.0244. The van der Waals surface area contributed by atoms with E-state index in [0.29, 0.717) is 0 Å². The van der Waals surface area contributed by atoms with Gasteiger partial charge in [0.1, 0.15) is 0 Å². The van der Waals surface area contributed by atoms with E-state index in [-0.39, 0.29) is 18.7 Å². The smallest absolute Gasteiger partial charge is 0.396 e. The average molecular weight is 402 g/mol. The Morgan fingerprint density at radius 1 is 1.11 bits per heavy atom. The largest absolute Gasteiger partial charge is 0.459 e. The molecule has 1 aliphatic heterocycles. The van der Waals surface area contributed by atoms with Gasteiger partial charge in [0, 0.05) is 42.8 Å². The van der Waals surface area contributed by atoms with Crippen molar-refractivity contribution in [2.45, 2.75) is 25.9 Å². The maximum Gasteiger partial charge on any atom is 0.396 e. The van der Waals surface area contributed by atoms with Crippen LogP contribution in [0.2, 0.25) is 0 Å². The number of piperazine rings is 1. The van der Waals surface area contributed by atoms with E-state index in [0.717, 1.165) is 26.2 Å². The zero-order chi connectivity index (χ0) is 19.9. The Kier molecular flexibility index (Phi) is 7.06. The van der Waals surface area contributed by atoms with Crippen LogP contribution in [0.3, 0.4) is 0 Å². The lowest BCUT2D eigenvalue weighted by Crippen LogP contribution is -2.53. The number of ether oxygens (including phenoxy) is 1. The van der Waals surface area contributed by atoms with Crippen LogP contribution in [-0.2, 0) is 14.3 Å². The molecule has 0 radical (unpaired) electrons.